The predicted molar refractivity (Wildman–Crippen MR) is 71.2 cm³/mol. The van der Waals surface area contributed by atoms with Gasteiger partial charge in [-0.3, -0.25) is 0 Å². The first-order chi connectivity index (χ1) is 8.56. The Morgan fingerprint density at radius 2 is 1.72 bits per heavy atom. The predicted octanol–water partition coefficient (Wildman–Crippen LogP) is 4.43. The fourth-order valence-electron chi connectivity index (χ4n) is 1.49. The summed E-state index contributed by atoms with van der Waals surface area (Å²) in [5.41, 5.74) is 0.810. The number of aliphatic hydroxyl groups is 1. The Kier molecular flexibility index (Phi) is 3.99. The second-order valence-electron chi connectivity index (χ2n) is 3.92. The smallest absolute Gasteiger partial charge is 0.141 e. The Morgan fingerprint density at radius 1 is 1.11 bits per heavy atom. The monoisotopic (exact) mass is 310 g/mol. The lowest BCUT2D eigenvalue weighted by molar-refractivity contribution is 0.199. The highest BCUT2D eigenvalue weighted by Crippen LogP contribution is 2.26. The SMILES string of the molecule is C[C@@H](O)c1ccc(Oc2ccc(Br)c(F)c2)cc1. The highest BCUT2D eigenvalue weighted by Gasteiger charge is 2.04. The van der Waals surface area contributed by atoms with E-state index in [2.05, 4.69) is 15.9 Å². The normalized spacial score (nSPS) is 12.2. The summed E-state index contributed by atoms with van der Waals surface area (Å²) in [6.07, 6.45) is -0.510. The summed E-state index contributed by atoms with van der Waals surface area (Å²) in [5.74, 6) is 0.662. The van der Waals surface area contributed by atoms with Gasteiger partial charge in [0.05, 0.1) is 10.6 Å². The summed E-state index contributed by atoms with van der Waals surface area (Å²) in [5, 5.41) is 9.38. The molecule has 2 aromatic carbocycles. The number of hydrogen-bond acceptors (Lipinski definition) is 2. The van der Waals surface area contributed by atoms with Crippen LogP contribution < -0.4 is 4.74 Å². The average Bonchev–Trinajstić information content (AvgIpc) is 2.34. The van der Waals surface area contributed by atoms with E-state index in [0.29, 0.717) is 16.0 Å². The van der Waals surface area contributed by atoms with E-state index in [-0.39, 0.29) is 5.82 Å². The standard InChI is InChI=1S/C14H12BrFO2/c1-9(17)10-2-4-11(5-3-10)18-12-6-7-13(15)14(16)8-12/h2-9,17H,1H3/t9-/m1/s1. The fraction of sp³-hybridized carbons (Fsp3) is 0.143. The summed E-state index contributed by atoms with van der Waals surface area (Å²) >= 11 is 3.08. The fourth-order valence-corrected chi connectivity index (χ4v) is 1.74. The first-order valence-electron chi connectivity index (χ1n) is 5.47. The largest absolute Gasteiger partial charge is 0.457 e. The molecule has 1 atom stereocenters. The van der Waals surface area contributed by atoms with E-state index < -0.39 is 6.10 Å². The molecule has 2 nitrogen and oxygen atoms in total. The molecule has 4 heteroatoms. The van der Waals surface area contributed by atoms with Crippen molar-refractivity contribution >= 4 is 15.9 Å². The number of benzene rings is 2. The molecule has 0 aliphatic carbocycles. The number of hydrogen-bond donors (Lipinski definition) is 1. The first-order valence-corrected chi connectivity index (χ1v) is 6.26. The van der Waals surface area contributed by atoms with Crippen molar-refractivity contribution in [2.45, 2.75) is 13.0 Å². The van der Waals surface area contributed by atoms with Crippen LogP contribution in [0.25, 0.3) is 0 Å². The van der Waals surface area contributed by atoms with E-state index in [1.165, 1.54) is 6.07 Å². The van der Waals surface area contributed by atoms with Gasteiger partial charge >= 0.3 is 0 Å². The minimum Gasteiger partial charge on any atom is -0.457 e. The molecule has 0 heterocycles. The van der Waals surface area contributed by atoms with Gasteiger partial charge in [0.2, 0.25) is 0 Å². The summed E-state index contributed by atoms with van der Waals surface area (Å²) in [6, 6.07) is 11.6. The molecule has 0 unspecified atom stereocenters. The zero-order valence-corrected chi connectivity index (χ0v) is 11.3. The van der Waals surface area contributed by atoms with E-state index in [0.717, 1.165) is 5.56 Å². The molecule has 0 bridgehead atoms. The Bertz CT molecular complexity index is 538. The molecule has 0 radical (unpaired) electrons. The van der Waals surface area contributed by atoms with Crippen molar-refractivity contribution in [3.63, 3.8) is 0 Å². The molecule has 1 N–H and O–H groups in total. The molecule has 2 aromatic rings. The van der Waals surface area contributed by atoms with Gasteiger partial charge in [-0.1, -0.05) is 12.1 Å². The second kappa shape index (κ2) is 5.50. The van der Waals surface area contributed by atoms with E-state index in [9.17, 15) is 9.50 Å². The topological polar surface area (TPSA) is 29.5 Å². The lowest BCUT2D eigenvalue weighted by Crippen LogP contribution is -1.91. The molecule has 0 saturated heterocycles. The molecule has 0 amide bonds. The van der Waals surface area contributed by atoms with Gasteiger partial charge in [-0.15, -0.1) is 0 Å². The Hall–Kier alpha value is -1.39. The highest BCUT2D eigenvalue weighted by molar-refractivity contribution is 9.10. The quantitative estimate of drug-likeness (QED) is 0.908. The number of ether oxygens (including phenoxy) is 1. The maximum Gasteiger partial charge on any atom is 0.141 e. The molecule has 2 rings (SSSR count). The van der Waals surface area contributed by atoms with Crippen LogP contribution in [-0.4, -0.2) is 5.11 Å². The van der Waals surface area contributed by atoms with Gasteiger partial charge in [-0.05, 0) is 52.7 Å². The van der Waals surface area contributed by atoms with Crippen LogP contribution in [0, 0.1) is 5.82 Å². The third-order valence-electron chi connectivity index (χ3n) is 2.49. The zero-order valence-electron chi connectivity index (χ0n) is 9.73. The van der Waals surface area contributed by atoms with Crippen molar-refractivity contribution < 1.29 is 14.2 Å². The second-order valence-corrected chi connectivity index (χ2v) is 4.78. The lowest BCUT2D eigenvalue weighted by Gasteiger charge is -2.08. The van der Waals surface area contributed by atoms with Gasteiger partial charge in [0.1, 0.15) is 17.3 Å². The average molecular weight is 311 g/mol. The number of rotatable bonds is 3. The minimum absolute atomic E-state index is 0.367. The maximum atomic E-state index is 13.3. The molecule has 94 valence electrons. The van der Waals surface area contributed by atoms with Gasteiger partial charge in [0.25, 0.3) is 0 Å². The van der Waals surface area contributed by atoms with E-state index in [4.69, 9.17) is 4.74 Å². The van der Waals surface area contributed by atoms with Crippen LogP contribution in [0.5, 0.6) is 11.5 Å². The van der Waals surface area contributed by atoms with E-state index in [1.54, 1.807) is 43.3 Å². The molecular formula is C14H12BrFO2. The van der Waals surface area contributed by atoms with Gasteiger partial charge in [0.15, 0.2) is 0 Å². The van der Waals surface area contributed by atoms with Gasteiger partial charge in [0, 0.05) is 6.07 Å². The molecule has 0 spiro atoms. The van der Waals surface area contributed by atoms with Crippen molar-refractivity contribution in [1.82, 2.24) is 0 Å². The molecular weight excluding hydrogens is 299 g/mol. The lowest BCUT2D eigenvalue weighted by atomic mass is 10.1. The molecule has 0 aliphatic heterocycles. The van der Waals surface area contributed by atoms with Crippen LogP contribution in [0.1, 0.15) is 18.6 Å². The van der Waals surface area contributed by atoms with Crippen LogP contribution in [0.2, 0.25) is 0 Å². The highest BCUT2D eigenvalue weighted by atomic mass is 79.9. The van der Waals surface area contributed by atoms with Crippen molar-refractivity contribution in [3.05, 3.63) is 58.3 Å². The number of halogens is 2. The molecule has 18 heavy (non-hydrogen) atoms. The van der Waals surface area contributed by atoms with Gasteiger partial charge < -0.3 is 9.84 Å². The van der Waals surface area contributed by atoms with Gasteiger partial charge in [-0.2, -0.15) is 0 Å². The Balaban J connectivity index is 2.15. The van der Waals surface area contributed by atoms with Crippen LogP contribution in [0.15, 0.2) is 46.9 Å². The van der Waals surface area contributed by atoms with E-state index >= 15 is 0 Å². The third kappa shape index (κ3) is 3.09. The molecule has 0 aliphatic rings. The minimum atomic E-state index is -0.510. The number of aliphatic hydroxyl groups excluding tert-OH is 1. The van der Waals surface area contributed by atoms with Crippen molar-refractivity contribution in [2.75, 3.05) is 0 Å². The van der Waals surface area contributed by atoms with Crippen LogP contribution in [-0.2, 0) is 0 Å². The van der Waals surface area contributed by atoms with Crippen molar-refractivity contribution in [1.29, 1.82) is 0 Å². The molecule has 0 fully saturated rings. The van der Waals surface area contributed by atoms with Crippen LogP contribution in [0.4, 0.5) is 4.39 Å². The van der Waals surface area contributed by atoms with Gasteiger partial charge in [-0.25, -0.2) is 4.39 Å². The van der Waals surface area contributed by atoms with Crippen molar-refractivity contribution in [2.24, 2.45) is 0 Å². The first kappa shape index (κ1) is 13.1. The maximum absolute atomic E-state index is 13.3. The van der Waals surface area contributed by atoms with Crippen molar-refractivity contribution in [3.8, 4) is 11.5 Å². The summed E-state index contributed by atoms with van der Waals surface area (Å²) in [7, 11) is 0. The molecule has 0 aromatic heterocycles. The third-order valence-corrected chi connectivity index (χ3v) is 3.13. The summed E-state index contributed by atoms with van der Waals surface area (Å²) < 4.78 is 19.2. The zero-order chi connectivity index (χ0) is 13.1. The Labute approximate surface area is 113 Å². The van der Waals surface area contributed by atoms with Crippen LogP contribution in [0.3, 0.4) is 0 Å². The van der Waals surface area contributed by atoms with E-state index in [1.807, 2.05) is 0 Å². The summed E-state index contributed by atoms with van der Waals surface area (Å²) in [6.45, 7) is 1.69. The molecule has 0 saturated carbocycles. The van der Waals surface area contributed by atoms with Crippen LogP contribution >= 0.6 is 15.9 Å². The Morgan fingerprint density at radius 3 is 2.28 bits per heavy atom. The summed E-state index contributed by atoms with van der Waals surface area (Å²) in [4.78, 5) is 0.